The topological polar surface area (TPSA) is 88.0 Å². The Kier molecular flexibility index (Phi) is 7.00. The molecule has 1 aliphatic heterocycles. The minimum atomic E-state index is -1.10. The number of nitrogens with one attached hydrogen (secondary N) is 1. The number of carbonyl (C=O) groups excluding carboxylic acids is 1. The Morgan fingerprint density at radius 2 is 2.07 bits per heavy atom. The molecule has 0 spiro atoms. The molecule has 2 aromatic carbocycles. The Morgan fingerprint density at radius 3 is 2.69 bits per heavy atom. The highest BCUT2D eigenvalue weighted by Gasteiger charge is 2.24. The third-order valence-electron chi connectivity index (χ3n) is 3.88. The molecular formula is C20H16BrClN2O4S. The quantitative estimate of drug-likeness (QED) is 0.549. The van der Waals surface area contributed by atoms with Gasteiger partial charge < -0.3 is 15.2 Å². The summed E-state index contributed by atoms with van der Waals surface area (Å²) in [5.41, 5.74) is 2.64. The number of hydrogen-bond donors (Lipinski definition) is 2. The first-order valence-electron chi connectivity index (χ1n) is 8.58. The van der Waals surface area contributed by atoms with Gasteiger partial charge in [0, 0.05) is 0 Å². The number of thioether (sulfide) groups is 1. The lowest BCUT2D eigenvalue weighted by Gasteiger charge is -2.09. The fourth-order valence-electron chi connectivity index (χ4n) is 2.49. The van der Waals surface area contributed by atoms with Gasteiger partial charge in [-0.15, -0.1) is 0 Å². The molecule has 150 valence electrons. The van der Waals surface area contributed by atoms with Crippen molar-refractivity contribution >= 4 is 68.1 Å². The molecule has 0 saturated carbocycles. The molecule has 0 aliphatic carbocycles. The van der Waals surface area contributed by atoms with E-state index in [1.165, 1.54) is 17.3 Å². The van der Waals surface area contributed by atoms with Crippen molar-refractivity contribution in [3.8, 4) is 5.75 Å². The second-order valence-electron chi connectivity index (χ2n) is 6.00. The van der Waals surface area contributed by atoms with Crippen LogP contribution in [0, 0.1) is 0 Å². The van der Waals surface area contributed by atoms with Crippen LogP contribution in [0.4, 0.5) is 5.69 Å². The summed E-state index contributed by atoms with van der Waals surface area (Å²) in [6.07, 6.45) is 2.63. The van der Waals surface area contributed by atoms with Gasteiger partial charge in [-0.05, 0) is 75.6 Å². The Labute approximate surface area is 185 Å². The van der Waals surface area contributed by atoms with Gasteiger partial charge in [-0.1, -0.05) is 30.7 Å². The lowest BCUT2D eigenvalue weighted by atomic mass is 10.2. The van der Waals surface area contributed by atoms with E-state index in [2.05, 4.69) is 33.2 Å². The van der Waals surface area contributed by atoms with Gasteiger partial charge in [0.15, 0.2) is 17.5 Å². The third kappa shape index (κ3) is 5.62. The number of amides is 1. The number of aliphatic imine (C=N–C) groups is 1. The molecule has 1 amide bonds. The molecule has 0 bridgehead atoms. The molecule has 29 heavy (non-hydrogen) atoms. The highest BCUT2D eigenvalue weighted by atomic mass is 79.9. The van der Waals surface area contributed by atoms with Crippen molar-refractivity contribution in [3.05, 3.63) is 61.9 Å². The molecule has 1 saturated heterocycles. The number of hydrogen-bond acceptors (Lipinski definition) is 5. The van der Waals surface area contributed by atoms with Gasteiger partial charge in [0.1, 0.15) is 0 Å². The predicted octanol–water partition coefficient (Wildman–Crippen LogP) is 5.02. The summed E-state index contributed by atoms with van der Waals surface area (Å²) in [7, 11) is 0. The summed E-state index contributed by atoms with van der Waals surface area (Å²) in [5.74, 6) is -1.12. The number of ether oxygens (including phenoxy) is 1. The number of carboxylic acid groups (broad SMARTS) is 1. The Bertz CT molecular complexity index is 999. The Morgan fingerprint density at radius 1 is 1.34 bits per heavy atom. The molecule has 0 atom stereocenters. The number of halogens is 2. The SMILES string of the molecule is CCc1ccc(N=C2NC(=O)/C(=C/c3cc(Cl)c(OCC(=O)O)c(Br)c3)S2)cc1. The first-order chi connectivity index (χ1) is 13.9. The monoisotopic (exact) mass is 494 g/mol. The number of benzene rings is 2. The fraction of sp³-hybridized carbons (Fsp3) is 0.150. The standard InChI is InChI=1S/C20H16BrClN2O4S/c1-2-11-3-5-13(6-4-11)23-20-24-19(27)16(29-20)9-12-7-14(21)18(15(22)8-12)28-10-17(25)26/h3-9H,2,10H2,1H3,(H,25,26)(H,23,24,27)/b16-9-. The number of aryl methyl sites for hydroxylation is 1. The normalized spacial score (nSPS) is 16.3. The van der Waals surface area contributed by atoms with Gasteiger partial charge in [0.25, 0.3) is 5.91 Å². The Hall–Kier alpha value is -2.29. The summed E-state index contributed by atoms with van der Waals surface area (Å²) in [5, 5.41) is 12.2. The summed E-state index contributed by atoms with van der Waals surface area (Å²) < 4.78 is 5.66. The molecule has 1 heterocycles. The molecule has 1 fully saturated rings. The number of carbonyl (C=O) groups is 2. The van der Waals surface area contributed by atoms with Gasteiger partial charge in [0.2, 0.25) is 0 Å². The minimum absolute atomic E-state index is 0.234. The van der Waals surface area contributed by atoms with E-state index in [-0.39, 0.29) is 16.7 Å². The zero-order chi connectivity index (χ0) is 21.0. The zero-order valence-electron chi connectivity index (χ0n) is 15.2. The summed E-state index contributed by atoms with van der Waals surface area (Å²) in [4.78, 5) is 27.9. The minimum Gasteiger partial charge on any atom is -0.479 e. The van der Waals surface area contributed by atoms with E-state index in [9.17, 15) is 9.59 Å². The van der Waals surface area contributed by atoms with Gasteiger partial charge in [0.05, 0.1) is 20.1 Å². The highest BCUT2D eigenvalue weighted by Crippen LogP contribution is 2.36. The average molecular weight is 496 g/mol. The number of nitrogens with zero attached hydrogens (tertiary/aromatic N) is 1. The van der Waals surface area contributed by atoms with E-state index in [1.54, 1.807) is 18.2 Å². The maximum absolute atomic E-state index is 12.3. The van der Waals surface area contributed by atoms with Crippen LogP contribution in [-0.4, -0.2) is 28.8 Å². The number of amidine groups is 1. The first kappa shape index (κ1) is 21.4. The number of aliphatic carboxylic acids is 1. The molecule has 2 aromatic rings. The molecular weight excluding hydrogens is 480 g/mol. The third-order valence-corrected chi connectivity index (χ3v) is 5.66. The zero-order valence-corrected chi connectivity index (χ0v) is 18.4. The second-order valence-corrected chi connectivity index (χ2v) is 8.29. The van der Waals surface area contributed by atoms with E-state index in [0.717, 1.165) is 12.1 Å². The predicted molar refractivity (Wildman–Crippen MR) is 119 cm³/mol. The first-order valence-corrected chi connectivity index (χ1v) is 10.6. The summed E-state index contributed by atoms with van der Waals surface area (Å²) in [6, 6.07) is 11.1. The highest BCUT2D eigenvalue weighted by molar-refractivity contribution is 9.10. The smallest absolute Gasteiger partial charge is 0.341 e. The number of carboxylic acids is 1. The van der Waals surface area contributed by atoms with Crippen LogP contribution in [0.15, 0.2) is 50.8 Å². The van der Waals surface area contributed by atoms with E-state index in [1.807, 2.05) is 24.3 Å². The fourth-order valence-corrected chi connectivity index (χ4v) is 4.32. The van der Waals surface area contributed by atoms with E-state index in [4.69, 9.17) is 21.4 Å². The molecule has 0 unspecified atom stereocenters. The number of rotatable bonds is 6. The van der Waals surface area contributed by atoms with Crippen LogP contribution in [0.5, 0.6) is 5.75 Å². The van der Waals surface area contributed by atoms with Gasteiger partial charge in [-0.25, -0.2) is 9.79 Å². The van der Waals surface area contributed by atoms with Crippen molar-refractivity contribution in [1.29, 1.82) is 0 Å². The second kappa shape index (κ2) is 9.47. The maximum Gasteiger partial charge on any atom is 0.341 e. The van der Waals surface area contributed by atoms with Crippen LogP contribution in [0.2, 0.25) is 5.02 Å². The van der Waals surface area contributed by atoms with E-state index >= 15 is 0 Å². The van der Waals surface area contributed by atoms with Crippen molar-refractivity contribution in [2.24, 2.45) is 4.99 Å². The molecule has 2 N–H and O–H groups in total. The molecule has 0 radical (unpaired) electrons. The van der Waals surface area contributed by atoms with Crippen molar-refractivity contribution in [3.63, 3.8) is 0 Å². The average Bonchev–Trinajstić information content (AvgIpc) is 3.00. The molecule has 0 aromatic heterocycles. The van der Waals surface area contributed by atoms with E-state index < -0.39 is 12.6 Å². The van der Waals surface area contributed by atoms with Crippen LogP contribution < -0.4 is 10.1 Å². The Balaban J connectivity index is 1.79. The largest absolute Gasteiger partial charge is 0.479 e. The van der Waals surface area contributed by atoms with Gasteiger partial charge in [-0.2, -0.15) is 0 Å². The van der Waals surface area contributed by atoms with Crippen molar-refractivity contribution < 1.29 is 19.4 Å². The molecule has 3 rings (SSSR count). The molecule has 9 heteroatoms. The van der Waals surface area contributed by atoms with Crippen LogP contribution >= 0.6 is 39.3 Å². The summed E-state index contributed by atoms with van der Waals surface area (Å²) in [6.45, 7) is 1.58. The van der Waals surface area contributed by atoms with Crippen molar-refractivity contribution in [1.82, 2.24) is 5.32 Å². The van der Waals surface area contributed by atoms with Crippen LogP contribution in [-0.2, 0) is 16.0 Å². The summed E-state index contributed by atoms with van der Waals surface area (Å²) >= 11 is 10.7. The van der Waals surface area contributed by atoms with Crippen LogP contribution in [0.25, 0.3) is 6.08 Å². The van der Waals surface area contributed by atoms with Crippen LogP contribution in [0.1, 0.15) is 18.1 Å². The van der Waals surface area contributed by atoms with Gasteiger partial charge in [-0.3, -0.25) is 4.79 Å². The van der Waals surface area contributed by atoms with Crippen molar-refractivity contribution in [2.45, 2.75) is 13.3 Å². The molecule has 1 aliphatic rings. The maximum atomic E-state index is 12.3. The lowest BCUT2D eigenvalue weighted by molar-refractivity contribution is -0.139. The lowest BCUT2D eigenvalue weighted by Crippen LogP contribution is -2.19. The molecule has 6 nitrogen and oxygen atoms in total. The van der Waals surface area contributed by atoms with Crippen LogP contribution in [0.3, 0.4) is 0 Å². The van der Waals surface area contributed by atoms with Gasteiger partial charge >= 0.3 is 5.97 Å². The van der Waals surface area contributed by atoms with Crippen molar-refractivity contribution in [2.75, 3.05) is 6.61 Å². The van der Waals surface area contributed by atoms with E-state index in [0.29, 0.717) is 20.1 Å².